The van der Waals surface area contributed by atoms with E-state index in [0.29, 0.717) is 31.0 Å². The van der Waals surface area contributed by atoms with Gasteiger partial charge in [-0.3, -0.25) is 4.79 Å². The molecule has 1 aliphatic rings. The number of benzene rings is 2. The lowest BCUT2D eigenvalue weighted by Gasteiger charge is -2.32. The van der Waals surface area contributed by atoms with Crippen LogP contribution in [0.25, 0.3) is 0 Å². The first-order chi connectivity index (χ1) is 15.5. The van der Waals surface area contributed by atoms with E-state index in [1.165, 1.54) is 21.5 Å². The molecule has 2 aromatic carbocycles. The predicted octanol–water partition coefficient (Wildman–Crippen LogP) is 4.94. The molecule has 2 aromatic rings. The van der Waals surface area contributed by atoms with Gasteiger partial charge in [0.2, 0.25) is 15.9 Å². The highest BCUT2D eigenvalue weighted by Gasteiger charge is 2.35. The molecule has 0 aliphatic carbocycles. The van der Waals surface area contributed by atoms with Gasteiger partial charge in [0.1, 0.15) is 10.6 Å². The normalized spacial score (nSPS) is 18.1. The number of hydrogen-bond acceptors (Lipinski definition) is 4. The van der Waals surface area contributed by atoms with Crippen molar-refractivity contribution in [3.8, 4) is 5.75 Å². The molecule has 1 saturated heterocycles. The molecule has 0 aromatic heterocycles. The van der Waals surface area contributed by atoms with Gasteiger partial charge in [0, 0.05) is 18.1 Å². The van der Waals surface area contributed by atoms with Gasteiger partial charge in [-0.1, -0.05) is 23.7 Å². The number of nitrogens with zero attached hydrogens (tertiary/aromatic N) is 1. The summed E-state index contributed by atoms with van der Waals surface area (Å²) in [5.74, 6) is -0.277. The van der Waals surface area contributed by atoms with Gasteiger partial charge in [0.15, 0.2) is 0 Å². The Morgan fingerprint density at radius 1 is 1.18 bits per heavy atom. The maximum absolute atomic E-state index is 13.4. The zero-order chi connectivity index (χ0) is 24.3. The molecule has 1 N–H and O–H groups in total. The van der Waals surface area contributed by atoms with Gasteiger partial charge < -0.3 is 10.1 Å². The Morgan fingerprint density at radius 3 is 2.58 bits per heavy atom. The van der Waals surface area contributed by atoms with E-state index in [1.54, 1.807) is 19.1 Å². The monoisotopic (exact) mass is 492 g/mol. The summed E-state index contributed by atoms with van der Waals surface area (Å²) in [5.41, 5.74) is 4.60. The standard InChI is InChI=1S/C25H33ClN2O4S/c1-6-32-23-10-9-21(26)14-24(23)33(30,31)28-11-7-8-20(15-28)25(29)27-19(5)22-13-17(3)16(2)12-18(22)4/h9-10,12-14,19-20H,6-8,11,15H2,1-5H3,(H,27,29)/t19-,20-/m0/s1. The first-order valence-corrected chi connectivity index (χ1v) is 13.2. The van der Waals surface area contributed by atoms with E-state index in [1.807, 2.05) is 13.8 Å². The van der Waals surface area contributed by atoms with Crippen molar-refractivity contribution in [1.29, 1.82) is 0 Å². The van der Waals surface area contributed by atoms with Crippen molar-refractivity contribution < 1.29 is 17.9 Å². The number of sulfonamides is 1. The van der Waals surface area contributed by atoms with Crippen LogP contribution in [0.1, 0.15) is 55.0 Å². The molecule has 0 saturated carbocycles. The Labute approximate surface area is 202 Å². The number of aryl methyl sites for hydroxylation is 3. The fourth-order valence-corrected chi connectivity index (χ4v) is 6.25. The molecule has 1 amide bonds. The second-order valence-corrected chi connectivity index (χ2v) is 11.1. The van der Waals surface area contributed by atoms with Crippen molar-refractivity contribution in [3.05, 3.63) is 57.6 Å². The van der Waals surface area contributed by atoms with Crippen molar-refractivity contribution in [2.24, 2.45) is 5.92 Å². The largest absolute Gasteiger partial charge is 0.492 e. The van der Waals surface area contributed by atoms with Gasteiger partial charge in [-0.15, -0.1) is 0 Å². The summed E-state index contributed by atoms with van der Waals surface area (Å²) >= 11 is 6.09. The molecule has 0 spiro atoms. The molecule has 3 rings (SSSR count). The van der Waals surface area contributed by atoms with Gasteiger partial charge in [-0.25, -0.2) is 8.42 Å². The number of ether oxygens (including phenoxy) is 1. The Kier molecular flexibility index (Phi) is 8.08. The average Bonchev–Trinajstić information content (AvgIpc) is 2.77. The Bertz CT molecular complexity index is 1130. The van der Waals surface area contributed by atoms with E-state index in [4.69, 9.17) is 16.3 Å². The highest BCUT2D eigenvalue weighted by atomic mass is 35.5. The summed E-state index contributed by atoms with van der Waals surface area (Å²) in [6.07, 6.45) is 1.25. The van der Waals surface area contributed by atoms with E-state index >= 15 is 0 Å². The minimum absolute atomic E-state index is 0.0389. The van der Waals surface area contributed by atoms with E-state index in [-0.39, 0.29) is 29.1 Å². The summed E-state index contributed by atoms with van der Waals surface area (Å²) in [5, 5.41) is 3.42. The second-order valence-electron chi connectivity index (χ2n) is 8.75. The van der Waals surface area contributed by atoms with Crippen LogP contribution in [0.2, 0.25) is 5.02 Å². The molecular weight excluding hydrogens is 460 g/mol. The lowest BCUT2D eigenvalue weighted by atomic mass is 9.95. The molecule has 2 atom stereocenters. The van der Waals surface area contributed by atoms with Crippen LogP contribution in [0.5, 0.6) is 5.75 Å². The molecule has 1 aliphatic heterocycles. The molecule has 6 nitrogen and oxygen atoms in total. The third kappa shape index (κ3) is 5.70. The third-order valence-electron chi connectivity index (χ3n) is 6.29. The maximum atomic E-state index is 13.4. The van der Waals surface area contributed by atoms with Crippen molar-refractivity contribution in [2.45, 2.75) is 58.4 Å². The van der Waals surface area contributed by atoms with Gasteiger partial charge >= 0.3 is 0 Å². The van der Waals surface area contributed by atoms with Crippen LogP contribution in [0.15, 0.2) is 35.2 Å². The number of carbonyl (C=O) groups is 1. The fraction of sp³-hybridized carbons (Fsp3) is 0.480. The van der Waals surface area contributed by atoms with Gasteiger partial charge in [-0.2, -0.15) is 4.31 Å². The number of carbonyl (C=O) groups excluding carboxylic acids is 1. The molecule has 33 heavy (non-hydrogen) atoms. The van der Waals surface area contributed by atoms with Gasteiger partial charge in [-0.05, 0) is 87.9 Å². The summed E-state index contributed by atoms with van der Waals surface area (Å²) in [6.45, 7) is 10.8. The van der Waals surface area contributed by atoms with Gasteiger partial charge in [0.05, 0.1) is 18.6 Å². The number of amides is 1. The number of piperidine rings is 1. The van der Waals surface area contributed by atoms with E-state index in [0.717, 1.165) is 11.1 Å². The zero-order valence-electron chi connectivity index (χ0n) is 19.9. The van der Waals surface area contributed by atoms with Crippen LogP contribution in [-0.2, 0) is 14.8 Å². The molecule has 0 unspecified atom stereocenters. The molecule has 1 fully saturated rings. The van der Waals surface area contributed by atoms with Crippen molar-refractivity contribution in [3.63, 3.8) is 0 Å². The average molecular weight is 493 g/mol. The Hall–Kier alpha value is -2.09. The first-order valence-electron chi connectivity index (χ1n) is 11.3. The summed E-state index contributed by atoms with van der Waals surface area (Å²) in [6, 6.07) is 8.66. The number of nitrogens with one attached hydrogen (secondary N) is 1. The van der Waals surface area contributed by atoms with Crippen LogP contribution >= 0.6 is 11.6 Å². The number of hydrogen-bond donors (Lipinski definition) is 1. The van der Waals surface area contributed by atoms with Crippen LogP contribution in [0, 0.1) is 26.7 Å². The van der Waals surface area contributed by atoms with Crippen molar-refractivity contribution in [1.82, 2.24) is 9.62 Å². The summed E-state index contributed by atoms with van der Waals surface area (Å²) in [4.78, 5) is 13.1. The topological polar surface area (TPSA) is 75.7 Å². The second kappa shape index (κ2) is 10.5. The van der Waals surface area contributed by atoms with E-state index in [2.05, 4.69) is 31.3 Å². The summed E-state index contributed by atoms with van der Waals surface area (Å²) < 4.78 is 33.7. The Morgan fingerprint density at radius 2 is 1.88 bits per heavy atom. The quantitative estimate of drug-likeness (QED) is 0.593. The van der Waals surface area contributed by atoms with E-state index in [9.17, 15) is 13.2 Å². The molecular formula is C25H33ClN2O4S. The Balaban J connectivity index is 1.77. The fourth-order valence-electron chi connectivity index (χ4n) is 4.33. The number of rotatable bonds is 7. The predicted molar refractivity (Wildman–Crippen MR) is 131 cm³/mol. The van der Waals surface area contributed by atoms with Crippen molar-refractivity contribution >= 4 is 27.5 Å². The highest BCUT2D eigenvalue weighted by Crippen LogP contribution is 2.32. The minimum atomic E-state index is -3.86. The zero-order valence-corrected chi connectivity index (χ0v) is 21.5. The summed E-state index contributed by atoms with van der Waals surface area (Å²) in [7, 11) is -3.86. The smallest absolute Gasteiger partial charge is 0.246 e. The first kappa shape index (κ1) is 25.5. The molecule has 0 radical (unpaired) electrons. The SMILES string of the molecule is CCOc1ccc(Cl)cc1S(=O)(=O)N1CCC[C@H](C(=O)N[C@@H](C)c2cc(C)c(C)cc2C)C1. The molecule has 1 heterocycles. The molecule has 8 heteroatoms. The number of halogens is 1. The lowest BCUT2D eigenvalue weighted by molar-refractivity contribution is -0.126. The van der Waals surface area contributed by atoms with Crippen LogP contribution in [-0.4, -0.2) is 38.3 Å². The third-order valence-corrected chi connectivity index (χ3v) is 8.41. The van der Waals surface area contributed by atoms with Crippen LogP contribution in [0.3, 0.4) is 0 Å². The van der Waals surface area contributed by atoms with Crippen LogP contribution in [0.4, 0.5) is 0 Å². The molecule has 0 bridgehead atoms. The van der Waals surface area contributed by atoms with Crippen molar-refractivity contribution in [2.75, 3.05) is 19.7 Å². The maximum Gasteiger partial charge on any atom is 0.246 e. The van der Waals surface area contributed by atoms with Crippen LogP contribution < -0.4 is 10.1 Å². The minimum Gasteiger partial charge on any atom is -0.492 e. The van der Waals surface area contributed by atoms with E-state index < -0.39 is 15.9 Å². The lowest BCUT2D eigenvalue weighted by Crippen LogP contribution is -2.45. The van der Waals surface area contributed by atoms with Gasteiger partial charge in [0.25, 0.3) is 0 Å². The highest BCUT2D eigenvalue weighted by molar-refractivity contribution is 7.89. The molecule has 180 valence electrons.